The van der Waals surface area contributed by atoms with Gasteiger partial charge in [-0.05, 0) is 0 Å². The Morgan fingerprint density at radius 2 is 2.27 bits per heavy atom. The molecule has 0 saturated heterocycles. The Labute approximate surface area is 86.8 Å². The highest BCUT2D eigenvalue weighted by atomic mass is 32.2. The van der Waals surface area contributed by atoms with Gasteiger partial charge in [-0.2, -0.15) is 23.1 Å². The molecule has 15 heavy (non-hydrogen) atoms. The van der Waals surface area contributed by atoms with Crippen LogP contribution in [0, 0.1) is 0 Å². The third-order valence-electron chi connectivity index (χ3n) is 1.41. The largest absolute Gasteiger partial charge is 0.383 e. The SMILES string of the molecule is COCCNS(=O)(=O)NCc1nn[nH]n1. The lowest BCUT2D eigenvalue weighted by atomic mass is 10.7. The second-order valence-electron chi connectivity index (χ2n) is 2.54. The third-order valence-corrected chi connectivity index (χ3v) is 2.52. The summed E-state index contributed by atoms with van der Waals surface area (Å²) in [6, 6.07) is 0. The smallest absolute Gasteiger partial charge is 0.277 e. The minimum atomic E-state index is -3.53. The molecular formula is C5H12N6O3S. The number of nitrogens with one attached hydrogen (secondary N) is 3. The van der Waals surface area contributed by atoms with Crippen molar-refractivity contribution in [2.45, 2.75) is 6.54 Å². The van der Waals surface area contributed by atoms with Crippen LogP contribution in [0.2, 0.25) is 0 Å². The summed E-state index contributed by atoms with van der Waals surface area (Å²) in [5, 5.41) is 12.7. The Bertz CT molecular complexity index is 362. The van der Waals surface area contributed by atoms with Gasteiger partial charge in [0.05, 0.1) is 13.2 Å². The van der Waals surface area contributed by atoms with Gasteiger partial charge in [0.25, 0.3) is 10.2 Å². The minimum absolute atomic E-state index is 0.0151. The number of tetrazole rings is 1. The molecule has 1 rings (SSSR count). The van der Waals surface area contributed by atoms with Crippen molar-refractivity contribution in [3.63, 3.8) is 0 Å². The molecule has 0 aliphatic heterocycles. The van der Waals surface area contributed by atoms with E-state index < -0.39 is 10.2 Å². The fourth-order valence-electron chi connectivity index (χ4n) is 0.746. The summed E-state index contributed by atoms with van der Waals surface area (Å²) in [6.45, 7) is 0.500. The Morgan fingerprint density at radius 3 is 2.87 bits per heavy atom. The van der Waals surface area contributed by atoms with Crippen LogP contribution in [0.3, 0.4) is 0 Å². The third kappa shape index (κ3) is 4.78. The van der Waals surface area contributed by atoms with E-state index >= 15 is 0 Å². The highest BCUT2D eigenvalue weighted by Crippen LogP contribution is 1.84. The van der Waals surface area contributed by atoms with E-state index in [1.54, 1.807) is 0 Å². The molecule has 0 bridgehead atoms. The zero-order valence-corrected chi connectivity index (χ0v) is 8.91. The predicted molar refractivity (Wildman–Crippen MR) is 49.8 cm³/mol. The van der Waals surface area contributed by atoms with Gasteiger partial charge in [-0.15, -0.1) is 10.2 Å². The first-order valence-electron chi connectivity index (χ1n) is 4.09. The Hall–Kier alpha value is -1.10. The zero-order chi connectivity index (χ0) is 11.1. The van der Waals surface area contributed by atoms with Crippen LogP contribution in [0.4, 0.5) is 0 Å². The number of hydrogen-bond acceptors (Lipinski definition) is 6. The maximum absolute atomic E-state index is 11.2. The molecule has 0 amide bonds. The van der Waals surface area contributed by atoms with Crippen molar-refractivity contribution in [3.05, 3.63) is 5.82 Å². The number of hydrogen-bond donors (Lipinski definition) is 3. The summed E-state index contributed by atoms with van der Waals surface area (Å²) in [7, 11) is -2.04. The van der Waals surface area contributed by atoms with Gasteiger partial charge in [0.2, 0.25) is 0 Å². The van der Waals surface area contributed by atoms with Gasteiger partial charge in [-0.1, -0.05) is 5.21 Å². The summed E-state index contributed by atoms with van der Waals surface area (Å²) in [6.07, 6.45) is 0. The molecule has 0 unspecified atom stereocenters. The molecule has 0 atom stereocenters. The molecule has 3 N–H and O–H groups in total. The lowest BCUT2D eigenvalue weighted by Gasteiger charge is -2.05. The second-order valence-corrected chi connectivity index (χ2v) is 4.12. The summed E-state index contributed by atoms with van der Waals surface area (Å²) in [5.41, 5.74) is 0. The van der Waals surface area contributed by atoms with Crippen LogP contribution in [0.15, 0.2) is 0 Å². The molecule has 86 valence electrons. The number of ether oxygens (including phenoxy) is 1. The standard InChI is InChI=1S/C5H12N6O3S/c1-14-3-2-6-15(12,13)7-4-5-8-10-11-9-5/h6-7H,2-4H2,1H3,(H,8,9,10,11). The van der Waals surface area contributed by atoms with Crippen LogP contribution in [0.25, 0.3) is 0 Å². The van der Waals surface area contributed by atoms with Gasteiger partial charge < -0.3 is 4.74 Å². The molecule has 0 radical (unpaired) electrons. The molecule has 0 spiro atoms. The lowest BCUT2D eigenvalue weighted by Crippen LogP contribution is -2.38. The number of aromatic amines is 1. The Balaban J connectivity index is 2.30. The molecule has 1 heterocycles. The highest BCUT2D eigenvalue weighted by Gasteiger charge is 2.09. The summed E-state index contributed by atoms with van der Waals surface area (Å²) < 4.78 is 31.7. The normalized spacial score (nSPS) is 11.8. The monoisotopic (exact) mass is 236 g/mol. The molecule has 1 aromatic rings. The average molecular weight is 236 g/mol. The fourth-order valence-corrected chi connectivity index (χ4v) is 1.52. The fraction of sp³-hybridized carbons (Fsp3) is 0.800. The Morgan fingerprint density at radius 1 is 1.47 bits per heavy atom. The average Bonchev–Trinajstić information content (AvgIpc) is 2.68. The van der Waals surface area contributed by atoms with E-state index in [4.69, 9.17) is 4.74 Å². The van der Waals surface area contributed by atoms with E-state index in [1.165, 1.54) is 7.11 Å². The molecule has 0 aliphatic carbocycles. The molecular weight excluding hydrogens is 224 g/mol. The second kappa shape index (κ2) is 5.70. The summed E-state index contributed by atoms with van der Waals surface area (Å²) >= 11 is 0. The van der Waals surface area contributed by atoms with Gasteiger partial charge in [0.15, 0.2) is 5.82 Å². The molecule has 0 saturated carbocycles. The van der Waals surface area contributed by atoms with Crippen LogP contribution in [-0.2, 0) is 21.5 Å². The number of rotatable bonds is 7. The number of aromatic nitrogens is 4. The maximum Gasteiger partial charge on any atom is 0.277 e. The summed E-state index contributed by atoms with van der Waals surface area (Å²) in [5.74, 6) is 0.270. The first-order valence-corrected chi connectivity index (χ1v) is 5.58. The summed E-state index contributed by atoms with van der Waals surface area (Å²) in [4.78, 5) is 0. The zero-order valence-electron chi connectivity index (χ0n) is 8.10. The molecule has 9 nitrogen and oxygen atoms in total. The minimum Gasteiger partial charge on any atom is -0.383 e. The topological polar surface area (TPSA) is 122 Å². The first-order chi connectivity index (χ1) is 7.14. The van der Waals surface area contributed by atoms with E-state index in [0.717, 1.165) is 0 Å². The molecule has 10 heteroatoms. The van der Waals surface area contributed by atoms with Crippen LogP contribution in [0.5, 0.6) is 0 Å². The first kappa shape index (κ1) is 12.0. The van der Waals surface area contributed by atoms with Crippen LogP contribution < -0.4 is 9.44 Å². The number of H-pyrrole nitrogens is 1. The van der Waals surface area contributed by atoms with E-state index in [-0.39, 0.29) is 18.9 Å². The van der Waals surface area contributed by atoms with Gasteiger partial charge in [-0.3, -0.25) is 0 Å². The quantitative estimate of drug-likeness (QED) is 0.460. The predicted octanol–water partition coefficient (Wildman–Crippen LogP) is -2.23. The van der Waals surface area contributed by atoms with Crippen LogP contribution in [-0.4, -0.2) is 49.3 Å². The molecule has 0 aliphatic rings. The molecule has 0 fully saturated rings. The molecule has 0 aromatic carbocycles. The van der Waals surface area contributed by atoms with Gasteiger partial charge >= 0.3 is 0 Å². The van der Waals surface area contributed by atoms with E-state index in [0.29, 0.717) is 6.61 Å². The van der Waals surface area contributed by atoms with E-state index in [9.17, 15) is 8.42 Å². The van der Waals surface area contributed by atoms with Crippen molar-refractivity contribution in [2.24, 2.45) is 0 Å². The van der Waals surface area contributed by atoms with Crippen molar-refractivity contribution in [2.75, 3.05) is 20.3 Å². The van der Waals surface area contributed by atoms with Crippen molar-refractivity contribution < 1.29 is 13.2 Å². The van der Waals surface area contributed by atoms with Crippen molar-refractivity contribution in [1.29, 1.82) is 0 Å². The Kier molecular flexibility index (Phi) is 4.55. The van der Waals surface area contributed by atoms with Gasteiger partial charge in [0, 0.05) is 13.7 Å². The van der Waals surface area contributed by atoms with Crippen LogP contribution >= 0.6 is 0 Å². The number of methoxy groups -OCH3 is 1. The highest BCUT2D eigenvalue weighted by molar-refractivity contribution is 7.87. The van der Waals surface area contributed by atoms with Crippen molar-refractivity contribution in [1.82, 2.24) is 30.1 Å². The van der Waals surface area contributed by atoms with Gasteiger partial charge in [-0.25, -0.2) is 0 Å². The maximum atomic E-state index is 11.2. The lowest BCUT2D eigenvalue weighted by molar-refractivity contribution is 0.204. The van der Waals surface area contributed by atoms with Crippen LogP contribution in [0.1, 0.15) is 5.82 Å². The van der Waals surface area contributed by atoms with Crippen molar-refractivity contribution in [3.8, 4) is 0 Å². The van der Waals surface area contributed by atoms with E-state index in [1.807, 2.05) is 0 Å². The van der Waals surface area contributed by atoms with Crippen molar-refractivity contribution >= 4 is 10.2 Å². The molecule has 1 aromatic heterocycles. The number of nitrogens with zero attached hydrogens (tertiary/aromatic N) is 3. The van der Waals surface area contributed by atoms with Gasteiger partial charge in [0.1, 0.15) is 0 Å². The van der Waals surface area contributed by atoms with E-state index in [2.05, 4.69) is 30.1 Å².